The number of benzene rings is 6. The Balaban J connectivity index is 0.000000315. The Kier molecular flexibility index (Phi) is 29.0. The van der Waals surface area contributed by atoms with E-state index in [9.17, 15) is 19.2 Å². The third kappa shape index (κ3) is 20.6. The van der Waals surface area contributed by atoms with Crippen LogP contribution in [0.4, 0.5) is 11.8 Å². The van der Waals surface area contributed by atoms with Gasteiger partial charge in [0.15, 0.2) is 17.8 Å². The van der Waals surface area contributed by atoms with Gasteiger partial charge in [0, 0.05) is 16.7 Å². The molecule has 6 aromatic carbocycles. The van der Waals surface area contributed by atoms with Crippen LogP contribution in [0.3, 0.4) is 0 Å². The maximum atomic E-state index is 10.9. The van der Waals surface area contributed by atoms with E-state index >= 15 is 0 Å². The van der Waals surface area contributed by atoms with Gasteiger partial charge in [-0.05, 0) is 66.2 Å². The monoisotopic (exact) mass is 1280 g/mol. The molecular weight excluding hydrogens is 1260 g/mol. The SMILES string of the molecule is N#C/C(=N\N=C(N)N)c1cccc(Cl)c1Cl.N#CC(=O)c1cccc(Cl)c1Cl.Nc1nnc(-c2cccc(Cl)c2Cl)c(N)n1.O=C(Cl)c1cccc(Cl)c1Cl.O=C(O)c1cccc(Cl)c1Cl.O=Cc1cccc(Cl)c1Cl. The van der Waals surface area contributed by atoms with Gasteiger partial charge in [-0.25, -0.2) is 4.79 Å². The summed E-state index contributed by atoms with van der Waals surface area (Å²) < 4.78 is 0. The maximum Gasteiger partial charge on any atom is 0.337 e. The second kappa shape index (κ2) is 33.3. The first-order chi connectivity index (χ1) is 35.8. The van der Waals surface area contributed by atoms with Crippen LogP contribution in [0.15, 0.2) is 119 Å². The number of carbonyl (C=O) groups is 4. The van der Waals surface area contributed by atoms with Crippen LogP contribution in [0.5, 0.6) is 0 Å². The van der Waals surface area contributed by atoms with Crippen LogP contribution >= 0.6 is 151 Å². The third-order valence-corrected chi connectivity index (χ3v) is 13.4. The number of nitrogens with zero attached hydrogens (tertiary/aromatic N) is 7. The lowest BCUT2D eigenvalue weighted by Crippen LogP contribution is -2.22. The molecule has 0 aliphatic rings. The molecule has 9 N–H and O–H groups in total. The Morgan fingerprint density at radius 3 is 1.34 bits per heavy atom. The number of aldehydes is 1. The molecule has 0 amide bonds. The Morgan fingerprint density at radius 2 is 0.934 bits per heavy atom. The molecule has 7 aromatic rings. The molecule has 0 unspecified atom stereocenters. The van der Waals surface area contributed by atoms with Gasteiger partial charge >= 0.3 is 5.97 Å². The van der Waals surface area contributed by atoms with Crippen molar-refractivity contribution >= 4 is 198 Å². The highest BCUT2D eigenvalue weighted by Gasteiger charge is 2.15. The summed E-state index contributed by atoms with van der Waals surface area (Å²) in [7, 11) is 0. The number of aromatic nitrogens is 3. The standard InChI is InChI=1S/2C9H7Cl2N5.C8H3Cl2NO.C7H3Cl3O.C7H4Cl2O2.C7H4Cl2O/c10-5-3-1-2-4(6(5)11)7-8(12)14-9(13)16-15-7;10-6-3-1-2-5(8(6)11)7(4-12)15-16-9(13)14;9-6-3-1-2-5(8(6)10)7(12)4-11;2*8-5-3-1-2-4(6(5)9)7(10)11;8-6-3-1-2-5(4-10)7(6)9/h1-3H,(H4,12,13,14,16);1-3H,(H4,13,14,16);1-3H;1-3H;1-3H,(H,10,11);1-4H/b;15-7+;;;;. The van der Waals surface area contributed by atoms with Crippen molar-refractivity contribution in [2.24, 2.45) is 21.7 Å². The number of nitrogen functional groups attached to an aromatic ring is 2. The summed E-state index contributed by atoms with van der Waals surface area (Å²) in [5.41, 5.74) is 23.4. The molecule has 1 heterocycles. The number of ketones is 1. The summed E-state index contributed by atoms with van der Waals surface area (Å²) in [4.78, 5) is 46.0. The van der Waals surface area contributed by atoms with Crippen LogP contribution in [0.25, 0.3) is 11.3 Å². The van der Waals surface area contributed by atoms with E-state index in [-0.39, 0.29) is 70.3 Å². The molecule has 0 saturated heterocycles. The predicted octanol–water partition coefficient (Wildman–Crippen LogP) is 15.1. The van der Waals surface area contributed by atoms with E-state index in [0.29, 0.717) is 58.8 Å². The zero-order chi connectivity index (χ0) is 57.4. The van der Waals surface area contributed by atoms with E-state index in [2.05, 4.69) is 25.4 Å². The van der Waals surface area contributed by atoms with Gasteiger partial charge in [0.05, 0.1) is 77.0 Å². The number of nitrogens with two attached hydrogens (primary N) is 4. The van der Waals surface area contributed by atoms with Gasteiger partial charge < -0.3 is 28.0 Å². The van der Waals surface area contributed by atoms with E-state index in [4.69, 9.17) is 189 Å². The molecule has 0 radical (unpaired) electrons. The predicted molar refractivity (Wildman–Crippen MR) is 307 cm³/mol. The lowest BCUT2D eigenvalue weighted by molar-refractivity contribution is 0.0696. The van der Waals surface area contributed by atoms with Crippen LogP contribution in [0.1, 0.15) is 47.0 Å². The third-order valence-electron chi connectivity index (χ3n) is 8.27. The highest BCUT2D eigenvalue weighted by atomic mass is 35.5. The number of hydrogen-bond donors (Lipinski definition) is 5. The first kappa shape index (κ1) is 66.2. The number of Topliss-reactive ketones (excluding diaryl/α,β-unsaturated/α-hetero) is 1. The van der Waals surface area contributed by atoms with Crippen molar-refractivity contribution in [3.63, 3.8) is 0 Å². The van der Waals surface area contributed by atoms with E-state index in [1.54, 1.807) is 78.9 Å². The Hall–Kier alpha value is -5.90. The molecule has 0 saturated carbocycles. The highest BCUT2D eigenvalue weighted by Crippen LogP contribution is 2.34. The second-order valence-corrected chi connectivity index (χ2v) is 18.3. The van der Waals surface area contributed by atoms with E-state index in [1.165, 1.54) is 36.4 Å². The summed E-state index contributed by atoms with van der Waals surface area (Å²) in [5, 5.41) is 42.9. The minimum atomic E-state index is -1.07. The summed E-state index contributed by atoms with van der Waals surface area (Å²) in [6, 6.07) is 32.0. The van der Waals surface area contributed by atoms with Gasteiger partial charge in [-0.3, -0.25) is 14.4 Å². The molecule has 7 rings (SSSR count). The average Bonchev–Trinajstić information content (AvgIpc) is 3.38. The van der Waals surface area contributed by atoms with Gasteiger partial charge in [0.2, 0.25) is 11.9 Å². The Morgan fingerprint density at radius 1 is 0.526 bits per heavy atom. The fourth-order valence-electron chi connectivity index (χ4n) is 4.84. The van der Waals surface area contributed by atoms with Crippen LogP contribution in [-0.2, 0) is 0 Å². The van der Waals surface area contributed by atoms with Crippen molar-refractivity contribution in [2.45, 2.75) is 0 Å². The van der Waals surface area contributed by atoms with Gasteiger partial charge in [-0.1, -0.05) is 194 Å². The second-order valence-electron chi connectivity index (χ2n) is 13.3. The van der Waals surface area contributed by atoms with E-state index < -0.39 is 17.0 Å². The molecule has 1 aromatic heterocycles. The minimum absolute atomic E-state index is 0.0131. The number of anilines is 2. The number of carboxylic acid groups (broad SMARTS) is 1. The zero-order valence-corrected chi connectivity index (χ0v) is 47.2. The normalized spacial score (nSPS) is 9.91. The number of hydrogen-bond acceptors (Lipinski definition) is 13. The first-order valence-electron chi connectivity index (χ1n) is 19.6. The molecule has 76 heavy (non-hydrogen) atoms. The number of carboxylic acids is 1. The minimum Gasteiger partial charge on any atom is -0.478 e. The summed E-state index contributed by atoms with van der Waals surface area (Å²) in [6.45, 7) is 0. The topological polar surface area (TPSA) is 304 Å². The summed E-state index contributed by atoms with van der Waals surface area (Å²) in [5.74, 6) is -1.82. The number of rotatable bonds is 7. The number of nitriles is 2. The fraction of sp³-hybridized carbons (Fsp3) is 0. The molecule has 0 fully saturated rings. The molecule has 392 valence electrons. The smallest absolute Gasteiger partial charge is 0.337 e. The van der Waals surface area contributed by atoms with Crippen molar-refractivity contribution in [3.8, 4) is 23.4 Å². The van der Waals surface area contributed by atoms with Crippen LogP contribution in [0, 0.1) is 22.7 Å². The van der Waals surface area contributed by atoms with E-state index in [0.717, 1.165) is 0 Å². The van der Waals surface area contributed by atoms with Crippen molar-refractivity contribution in [3.05, 3.63) is 197 Å². The number of guanidine groups is 1. The Bertz CT molecular complexity index is 3350. The molecule has 16 nitrogen and oxygen atoms in total. The fourth-order valence-corrected chi connectivity index (χ4v) is 7.33. The summed E-state index contributed by atoms with van der Waals surface area (Å²) >= 11 is 73.7. The molecule has 29 heteroatoms. The average molecular weight is 1290 g/mol. The summed E-state index contributed by atoms with van der Waals surface area (Å²) in [6.07, 6.45) is 0.675. The van der Waals surface area contributed by atoms with Crippen LogP contribution in [0.2, 0.25) is 60.3 Å². The highest BCUT2D eigenvalue weighted by molar-refractivity contribution is 6.69. The molecular formula is C47H28Cl13N11O5. The molecule has 0 spiro atoms. The maximum absolute atomic E-state index is 10.9. The lowest BCUT2D eigenvalue weighted by atomic mass is 10.1. The number of carbonyl (C=O) groups excluding carboxylic acids is 3. The molecule has 0 bridgehead atoms. The van der Waals surface area contributed by atoms with Crippen molar-refractivity contribution in [1.82, 2.24) is 15.2 Å². The van der Waals surface area contributed by atoms with Crippen LogP contribution in [-0.4, -0.2) is 55.2 Å². The van der Waals surface area contributed by atoms with Gasteiger partial charge in [0.25, 0.3) is 11.0 Å². The molecule has 0 aliphatic heterocycles. The molecule has 0 aliphatic carbocycles. The number of aromatic carboxylic acids is 1. The van der Waals surface area contributed by atoms with Crippen molar-refractivity contribution in [1.29, 1.82) is 10.5 Å². The van der Waals surface area contributed by atoms with Gasteiger partial charge in [-0.15, -0.1) is 20.4 Å². The first-order valence-corrected chi connectivity index (χ1v) is 24.5. The van der Waals surface area contributed by atoms with Crippen molar-refractivity contribution < 1.29 is 24.3 Å². The molecule has 0 atom stereocenters. The Labute approximate surface area is 497 Å². The van der Waals surface area contributed by atoms with Crippen molar-refractivity contribution in [2.75, 3.05) is 11.5 Å². The van der Waals surface area contributed by atoms with Gasteiger partial charge in [0.1, 0.15) is 17.8 Å². The van der Waals surface area contributed by atoms with Gasteiger partial charge in [-0.2, -0.15) is 15.5 Å². The van der Waals surface area contributed by atoms with E-state index in [1.807, 2.05) is 6.07 Å². The largest absolute Gasteiger partial charge is 0.478 e. The van der Waals surface area contributed by atoms with Crippen LogP contribution < -0.4 is 22.9 Å². The quantitative estimate of drug-likeness (QED) is 0.0189. The lowest BCUT2D eigenvalue weighted by Gasteiger charge is -2.06. The zero-order valence-electron chi connectivity index (χ0n) is 37.4. The number of halogens is 13.